The molecule has 14 heteroatoms. The number of alkyl halides is 3. The summed E-state index contributed by atoms with van der Waals surface area (Å²) in [5.74, 6) is -1.91. The first-order valence-electron chi connectivity index (χ1n) is 14.8. The van der Waals surface area contributed by atoms with Crippen molar-refractivity contribution in [2.45, 2.75) is 65.2 Å². The van der Waals surface area contributed by atoms with Crippen LogP contribution in [-0.2, 0) is 22.2 Å². The Balaban J connectivity index is 1.82. The number of hydrogen-bond acceptors (Lipinski definition) is 7. The highest BCUT2D eigenvalue weighted by Crippen LogP contribution is 2.33. The van der Waals surface area contributed by atoms with Crippen LogP contribution in [-0.4, -0.2) is 66.7 Å². The highest BCUT2D eigenvalue weighted by molar-refractivity contribution is 5.82. The maximum atomic E-state index is 14.0. The summed E-state index contributed by atoms with van der Waals surface area (Å²) >= 11 is 0. The summed E-state index contributed by atoms with van der Waals surface area (Å²) in [6, 6.07) is 5.52. The number of amides is 1. The lowest BCUT2D eigenvalue weighted by Gasteiger charge is -2.26. The van der Waals surface area contributed by atoms with Crippen LogP contribution in [0.2, 0.25) is 0 Å². The molecule has 246 valence electrons. The van der Waals surface area contributed by atoms with Gasteiger partial charge in [-0.25, -0.2) is 4.98 Å². The number of halogens is 3. The van der Waals surface area contributed by atoms with Crippen LogP contribution < -0.4 is 10.9 Å². The standard InChI is InChI=1S/C32H38F3N7O4/c1-18(2)12-26(41-16-21(10-11-40(5)6)22(13-27(41)43)32(33,34)35)30(46)38-23(15-28(44)45)25-14-24(39-31-36-17-37-42(25)31)29-19(3)8-7-9-20(29)4/h7-9,13-14,16-18,23,26H,10-12,15H2,1-6H3,(H,38,46)(H,44,45)/t23-,26-/m1/s1. The van der Waals surface area contributed by atoms with Gasteiger partial charge in [-0.2, -0.15) is 27.8 Å². The zero-order valence-corrected chi connectivity index (χ0v) is 26.6. The summed E-state index contributed by atoms with van der Waals surface area (Å²) in [6.45, 7) is 7.74. The molecule has 11 nitrogen and oxygen atoms in total. The first-order valence-corrected chi connectivity index (χ1v) is 14.8. The van der Waals surface area contributed by atoms with Gasteiger partial charge >= 0.3 is 12.1 Å². The molecule has 3 heterocycles. The minimum absolute atomic E-state index is 0.0117. The van der Waals surface area contributed by atoms with Crippen molar-refractivity contribution in [2.24, 2.45) is 5.92 Å². The quantitative estimate of drug-likeness (QED) is 0.229. The number of benzene rings is 1. The molecule has 0 aliphatic rings. The molecule has 0 radical (unpaired) electrons. The number of nitrogens with one attached hydrogen (secondary N) is 1. The van der Waals surface area contributed by atoms with Crippen molar-refractivity contribution in [3.8, 4) is 11.3 Å². The van der Waals surface area contributed by atoms with Gasteiger partial charge in [0.2, 0.25) is 5.91 Å². The molecule has 0 saturated heterocycles. The maximum Gasteiger partial charge on any atom is 0.416 e. The van der Waals surface area contributed by atoms with E-state index >= 15 is 0 Å². The van der Waals surface area contributed by atoms with E-state index < -0.39 is 47.7 Å². The number of likely N-dealkylation sites (N-methyl/N-ethyl adjacent to an activating group) is 1. The van der Waals surface area contributed by atoms with E-state index in [0.29, 0.717) is 11.8 Å². The third-order valence-electron chi connectivity index (χ3n) is 7.70. The SMILES string of the molecule is Cc1cccc(C)c1-c1cc([C@@H](CC(=O)O)NC(=O)[C@@H](CC(C)C)n2cc(CCN(C)C)c(C(F)(F)F)cc2=O)n2ncnc2n1. The Hall–Kier alpha value is -4.59. The van der Waals surface area contributed by atoms with Gasteiger partial charge in [-0.15, -0.1) is 0 Å². The Morgan fingerprint density at radius 1 is 1.11 bits per heavy atom. The number of hydrogen-bond donors (Lipinski definition) is 2. The van der Waals surface area contributed by atoms with E-state index in [1.807, 2.05) is 45.9 Å². The van der Waals surface area contributed by atoms with Gasteiger partial charge in [0.1, 0.15) is 12.4 Å². The Morgan fingerprint density at radius 2 is 1.78 bits per heavy atom. The lowest BCUT2D eigenvalue weighted by atomic mass is 9.97. The summed E-state index contributed by atoms with van der Waals surface area (Å²) < 4.78 is 44.1. The molecule has 2 atom stereocenters. The molecular formula is C32H38F3N7O4. The van der Waals surface area contributed by atoms with Crippen molar-refractivity contribution in [3.63, 3.8) is 0 Å². The minimum atomic E-state index is -4.76. The molecule has 0 spiro atoms. The fourth-order valence-electron chi connectivity index (χ4n) is 5.54. The van der Waals surface area contributed by atoms with Gasteiger partial charge in [-0.05, 0) is 69.5 Å². The third-order valence-corrected chi connectivity index (χ3v) is 7.70. The molecule has 0 saturated carbocycles. The number of pyridine rings is 1. The summed E-state index contributed by atoms with van der Waals surface area (Å²) in [5, 5.41) is 16.9. The average molecular weight is 642 g/mol. The Kier molecular flexibility index (Phi) is 10.3. The van der Waals surface area contributed by atoms with Gasteiger partial charge in [-0.1, -0.05) is 32.0 Å². The molecule has 46 heavy (non-hydrogen) atoms. The van der Waals surface area contributed by atoms with Crippen LogP contribution in [0.4, 0.5) is 13.2 Å². The maximum absolute atomic E-state index is 14.0. The number of rotatable bonds is 12. The Bertz CT molecular complexity index is 1780. The van der Waals surface area contributed by atoms with Crippen LogP contribution in [0, 0.1) is 19.8 Å². The van der Waals surface area contributed by atoms with Crippen LogP contribution in [0.1, 0.15) is 66.7 Å². The third kappa shape index (κ3) is 7.79. The monoisotopic (exact) mass is 641 g/mol. The van der Waals surface area contributed by atoms with E-state index in [2.05, 4.69) is 20.4 Å². The van der Waals surface area contributed by atoms with Gasteiger partial charge < -0.3 is 19.9 Å². The fourth-order valence-corrected chi connectivity index (χ4v) is 5.54. The number of aliphatic carboxylic acids is 1. The molecule has 0 fully saturated rings. The number of nitrogens with zero attached hydrogens (tertiary/aromatic N) is 6. The second kappa shape index (κ2) is 13.8. The molecule has 2 N–H and O–H groups in total. The van der Waals surface area contributed by atoms with Gasteiger partial charge in [0.25, 0.3) is 11.3 Å². The summed E-state index contributed by atoms with van der Waals surface area (Å²) in [7, 11) is 3.44. The van der Waals surface area contributed by atoms with Crippen molar-refractivity contribution in [2.75, 3.05) is 20.6 Å². The molecule has 1 aromatic carbocycles. The lowest BCUT2D eigenvalue weighted by Crippen LogP contribution is -2.41. The molecule has 4 rings (SSSR count). The number of carbonyl (C=O) groups is 2. The smallest absolute Gasteiger partial charge is 0.416 e. The zero-order chi connectivity index (χ0) is 33.9. The van der Waals surface area contributed by atoms with Gasteiger partial charge in [0.15, 0.2) is 0 Å². The minimum Gasteiger partial charge on any atom is -0.481 e. The van der Waals surface area contributed by atoms with Crippen LogP contribution >= 0.6 is 0 Å². The number of aryl methyl sites for hydroxylation is 2. The second-order valence-electron chi connectivity index (χ2n) is 12.1. The number of aromatic nitrogens is 5. The van der Waals surface area contributed by atoms with Crippen molar-refractivity contribution < 1.29 is 27.9 Å². The number of fused-ring (bicyclic) bond motifs is 1. The van der Waals surface area contributed by atoms with Crippen molar-refractivity contribution >= 4 is 17.7 Å². The number of carboxylic acids is 1. The Labute approximate surface area is 264 Å². The Morgan fingerprint density at radius 3 is 2.37 bits per heavy atom. The lowest BCUT2D eigenvalue weighted by molar-refractivity contribution is -0.139. The average Bonchev–Trinajstić information content (AvgIpc) is 3.42. The highest BCUT2D eigenvalue weighted by Gasteiger charge is 2.36. The first kappa shape index (κ1) is 34.3. The predicted molar refractivity (Wildman–Crippen MR) is 165 cm³/mol. The van der Waals surface area contributed by atoms with Crippen molar-refractivity contribution in [1.82, 2.24) is 34.4 Å². The number of carboxylic acid groups (broad SMARTS) is 1. The van der Waals surface area contributed by atoms with Crippen LogP contribution in [0.15, 0.2) is 47.7 Å². The molecule has 4 aromatic rings. The van der Waals surface area contributed by atoms with E-state index in [1.54, 1.807) is 25.1 Å². The molecule has 1 amide bonds. The normalized spacial score (nSPS) is 13.4. The molecule has 0 bridgehead atoms. The zero-order valence-electron chi connectivity index (χ0n) is 26.6. The van der Waals surface area contributed by atoms with Crippen molar-refractivity contribution in [1.29, 1.82) is 0 Å². The largest absolute Gasteiger partial charge is 0.481 e. The molecule has 3 aromatic heterocycles. The van der Waals surface area contributed by atoms with E-state index in [4.69, 9.17) is 0 Å². The second-order valence-corrected chi connectivity index (χ2v) is 12.1. The highest BCUT2D eigenvalue weighted by atomic mass is 19.4. The van der Waals surface area contributed by atoms with Gasteiger partial charge in [0.05, 0.1) is 29.4 Å². The first-order chi connectivity index (χ1) is 21.6. The van der Waals surface area contributed by atoms with Gasteiger partial charge in [-0.3, -0.25) is 14.4 Å². The summed E-state index contributed by atoms with van der Waals surface area (Å²) in [4.78, 5) is 49.9. The molecule has 0 aliphatic carbocycles. The van der Waals surface area contributed by atoms with Crippen LogP contribution in [0.25, 0.3) is 17.0 Å². The van der Waals surface area contributed by atoms with E-state index in [-0.39, 0.29) is 42.3 Å². The molecule has 0 aliphatic heterocycles. The topological polar surface area (TPSA) is 135 Å². The molecule has 0 unspecified atom stereocenters. The molecular weight excluding hydrogens is 603 g/mol. The number of carbonyl (C=O) groups excluding carboxylic acids is 1. The van der Waals surface area contributed by atoms with Crippen molar-refractivity contribution in [3.05, 3.63) is 81.2 Å². The van der Waals surface area contributed by atoms with E-state index in [0.717, 1.165) is 27.5 Å². The summed E-state index contributed by atoms with van der Waals surface area (Å²) in [6.07, 6.45) is -2.86. The predicted octanol–water partition coefficient (Wildman–Crippen LogP) is 4.61. The summed E-state index contributed by atoms with van der Waals surface area (Å²) in [5.41, 5.74) is 1.28. The van der Waals surface area contributed by atoms with E-state index in [9.17, 15) is 32.7 Å². The fraction of sp³-hybridized carbons (Fsp3) is 0.438. The van der Waals surface area contributed by atoms with E-state index in [1.165, 1.54) is 10.8 Å². The van der Waals surface area contributed by atoms with Crippen LogP contribution in [0.5, 0.6) is 0 Å². The van der Waals surface area contributed by atoms with Crippen LogP contribution in [0.3, 0.4) is 0 Å². The van der Waals surface area contributed by atoms with Gasteiger partial charge in [0, 0.05) is 24.4 Å².